The van der Waals surface area contributed by atoms with E-state index in [1.165, 1.54) is 16.7 Å². The van der Waals surface area contributed by atoms with Crippen molar-refractivity contribution < 1.29 is 0 Å². The van der Waals surface area contributed by atoms with Crippen molar-refractivity contribution in [3.8, 4) is 0 Å². The molecule has 2 aromatic carbocycles. The lowest BCUT2D eigenvalue weighted by Gasteiger charge is -2.25. The van der Waals surface area contributed by atoms with Crippen molar-refractivity contribution in [3.05, 3.63) is 83.9 Å². The Labute approximate surface area is 127 Å². The average Bonchev–Trinajstić information content (AvgIpc) is 2.57. The van der Waals surface area contributed by atoms with Gasteiger partial charge in [-0.15, -0.1) is 0 Å². The molecule has 0 radical (unpaired) electrons. The highest BCUT2D eigenvalue weighted by molar-refractivity contribution is 5.66. The second kappa shape index (κ2) is 7.05. The molecule has 1 heteroatoms. The molecule has 0 N–H and O–H groups in total. The minimum absolute atomic E-state index is 1.02. The van der Waals surface area contributed by atoms with Crippen LogP contribution in [0.4, 0.5) is 0 Å². The van der Waals surface area contributed by atoms with Gasteiger partial charge in [-0.25, -0.2) is 0 Å². The molecule has 0 amide bonds. The molecule has 1 aliphatic heterocycles. The number of hydrogen-bond acceptors (Lipinski definition) is 1. The van der Waals surface area contributed by atoms with Crippen LogP contribution in [0.25, 0.3) is 11.6 Å². The van der Waals surface area contributed by atoms with E-state index in [-0.39, 0.29) is 0 Å². The van der Waals surface area contributed by atoms with Crippen molar-refractivity contribution >= 4 is 11.6 Å². The van der Waals surface area contributed by atoms with E-state index in [0.717, 1.165) is 26.1 Å². The van der Waals surface area contributed by atoms with E-state index < -0.39 is 0 Å². The molecule has 0 aromatic heterocycles. The highest BCUT2D eigenvalue weighted by atomic mass is 15.1. The van der Waals surface area contributed by atoms with Crippen molar-refractivity contribution in [2.24, 2.45) is 0 Å². The molecule has 0 fully saturated rings. The van der Waals surface area contributed by atoms with Crippen molar-refractivity contribution in [2.45, 2.75) is 6.42 Å². The summed E-state index contributed by atoms with van der Waals surface area (Å²) < 4.78 is 0. The van der Waals surface area contributed by atoms with Crippen LogP contribution in [-0.4, -0.2) is 24.5 Å². The summed E-state index contributed by atoms with van der Waals surface area (Å²) in [5.74, 6) is 0. The first-order chi connectivity index (χ1) is 10.4. The predicted molar refractivity (Wildman–Crippen MR) is 91.0 cm³/mol. The highest BCUT2D eigenvalue weighted by Gasteiger charge is 2.11. The zero-order valence-corrected chi connectivity index (χ0v) is 12.3. The Morgan fingerprint density at radius 3 is 2.29 bits per heavy atom. The van der Waals surface area contributed by atoms with E-state index in [1.54, 1.807) is 0 Å². The molecule has 0 atom stereocenters. The Morgan fingerprint density at radius 2 is 1.62 bits per heavy atom. The summed E-state index contributed by atoms with van der Waals surface area (Å²) in [6, 6.07) is 21.2. The van der Waals surface area contributed by atoms with Gasteiger partial charge in [-0.3, -0.25) is 4.90 Å². The van der Waals surface area contributed by atoms with E-state index in [0.29, 0.717) is 0 Å². The van der Waals surface area contributed by atoms with E-state index >= 15 is 0 Å². The van der Waals surface area contributed by atoms with Crippen LogP contribution >= 0.6 is 0 Å². The molecule has 0 aliphatic carbocycles. The Hall–Kier alpha value is -2.12. The first-order valence-corrected chi connectivity index (χ1v) is 7.60. The second-order valence-corrected chi connectivity index (χ2v) is 5.42. The molecule has 0 bridgehead atoms. The molecule has 0 spiro atoms. The Morgan fingerprint density at radius 1 is 0.905 bits per heavy atom. The summed E-state index contributed by atoms with van der Waals surface area (Å²) in [6.45, 7) is 3.21. The van der Waals surface area contributed by atoms with Crippen LogP contribution in [0, 0.1) is 0 Å². The third kappa shape index (κ3) is 3.93. The van der Waals surface area contributed by atoms with Crippen LogP contribution in [0.1, 0.15) is 17.5 Å². The van der Waals surface area contributed by atoms with Gasteiger partial charge in [0, 0.05) is 19.6 Å². The van der Waals surface area contributed by atoms with E-state index in [4.69, 9.17) is 0 Å². The first kappa shape index (κ1) is 13.8. The van der Waals surface area contributed by atoms with E-state index in [9.17, 15) is 0 Å². The van der Waals surface area contributed by atoms with Gasteiger partial charge in [0.2, 0.25) is 0 Å². The standard InChI is InChI=1S/C20H21N/c1-3-8-18(9-4-1)10-7-15-21-16-13-20(14-17-21)19-11-5-2-6-12-19/h1-13H,14-17H2. The van der Waals surface area contributed by atoms with Crippen LogP contribution < -0.4 is 0 Å². The fourth-order valence-electron chi connectivity index (χ4n) is 2.69. The van der Waals surface area contributed by atoms with Crippen LogP contribution in [0.15, 0.2) is 72.8 Å². The first-order valence-electron chi connectivity index (χ1n) is 7.60. The van der Waals surface area contributed by atoms with Gasteiger partial charge in [0.25, 0.3) is 0 Å². The van der Waals surface area contributed by atoms with Crippen molar-refractivity contribution in [2.75, 3.05) is 19.6 Å². The van der Waals surface area contributed by atoms with Gasteiger partial charge in [-0.05, 0) is 23.1 Å². The predicted octanol–water partition coefficient (Wildman–Crippen LogP) is 4.49. The lowest BCUT2D eigenvalue weighted by atomic mass is 10.00. The summed E-state index contributed by atoms with van der Waals surface area (Å²) in [7, 11) is 0. The summed E-state index contributed by atoms with van der Waals surface area (Å²) in [6.07, 6.45) is 7.98. The quantitative estimate of drug-likeness (QED) is 0.794. The monoisotopic (exact) mass is 275 g/mol. The number of nitrogens with zero attached hydrogens (tertiary/aromatic N) is 1. The highest BCUT2D eigenvalue weighted by Crippen LogP contribution is 2.21. The van der Waals surface area contributed by atoms with Crippen molar-refractivity contribution in [3.63, 3.8) is 0 Å². The fourth-order valence-corrected chi connectivity index (χ4v) is 2.69. The maximum absolute atomic E-state index is 2.48. The van der Waals surface area contributed by atoms with E-state index in [2.05, 4.69) is 83.8 Å². The van der Waals surface area contributed by atoms with Gasteiger partial charge in [0.15, 0.2) is 0 Å². The Balaban J connectivity index is 1.54. The van der Waals surface area contributed by atoms with E-state index in [1.807, 2.05) is 0 Å². The molecule has 21 heavy (non-hydrogen) atoms. The van der Waals surface area contributed by atoms with Gasteiger partial charge >= 0.3 is 0 Å². The van der Waals surface area contributed by atoms with Gasteiger partial charge in [0.05, 0.1) is 0 Å². The Kier molecular flexibility index (Phi) is 4.65. The van der Waals surface area contributed by atoms with Gasteiger partial charge < -0.3 is 0 Å². The van der Waals surface area contributed by atoms with Crippen LogP contribution in [0.5, 0.6) is 0 Å². The number of rotatable bonds is 4. The minimum Gasteiger partial charge on any atom is -0.296 e. The molecule has 1 heterocycles. The fraction of sp³-hybridized carbons (Fsp3) is 0.200. The summed E-state index contributed by atoms with van der Waals surface area (Å²) in [5.41, 5.74) is 4.13. The molecule has 1 aliphatic rings. The third-order valence-electron chi connectivity index (χ3n) is 3.91. The molecule has 1 nitrogen and oxygen atoms in total. The van der Waals surface area contributed by atoms with Gasteiger partial charge in [0.1, 0.15) is 0 Å². The molecular weight excluding hydrogens is 254 g/mol. The summed E-state index contributed by atoms with van der Waals surface area (Å²) >= 11 is 0. The molecule has 2 aromatic rings. The van der Waals surface area contributed by atoms with Crippen LogP contribution in [0.3, 0.4) is 0 Å². The van der Waals surface area contributed by atoms with Crippen LogP contribution in [0.2, 0.25) is 0 Å². The molecule has 0 unspecified atom stereocenters. The van der Waals surface area contributed by atoms with Gasteiger partial charge in [-0.1, -0.05) is 78.9 Å². The second-order valence-electron chi connectivity index (χ2n) is 5.42. The maximum atomic E-state index is 2.48. The zero-order valence-electron chi connectivity index (χ0n) is 12.3. The summed E-state index contributed by atoms with van der Waals surface area (Å²) in [5, 5.41) is 0. The molecule has 3 rings (SSSR count). The lowest BCUT2D eigenvalue weighted by Crippen LogP contribution is -2.28. The number of hydrogen-bond donors (Lipinski definition) is 0. The van der Waals surface area contributed by atoms with Crippen LogP contribution in [-0.2, 0) is 0 Å². The minimum atomic E-state index is 1.02. The van der Waals surface area contributed by atoms with Crippen molar-refractivity contribution in [1.29, 1.82) is 0 Å². The molecule has 0 saturated carbocycles. The molecule has 0 saturated heterocycles. The number of benzene rings is 2. The average molecular weight is 275 g/mol. The Bertz CT molecular complexity index is 611. The molecular formula is C20H21N. The summed E-state index contributed by atoms with van der Waals surface area (Å²) in [4.78, 5) is 2.48. The van der Waals surface area contributed by atoms with Gasteiger partial charge in [-0.2, -0.15) is 0 Å². The van der Waals surface area contributed by atoms with Crippen molar-refractivity contribution in [1.82, 2.24) is 4.90 Å². The largest absolute Gasteiger partial charge is 0.296 e. The molecule has 106 valence electrons. The smallest absolute Gasteiger partial charge is 0.0172 e. The third-order valence-corrected chi connectivity index (χ3v) is 3.91. The normalized spacial score (nSPS) is 16.1. The maximum Gasteiger partial charge on any atom is 0.0172 e. The lowest BCUT2D eigenvalue weighted by molar-refractivity contribution is 0.335. The topological polar surface area (TPSA) is 3.24 Å². The SMILES string of the molecule is C(=Cc1ccccc1)CN1CC=C(c2ccccc2)CC1. The zero-order chi connectivity index (χ0) is 14.3.